The van der Waals surface area contributed by atoms with Crippen LogP contribution in [0.4, 0.5) is 23.7 Å². The second kappa shape index (κ2) is 11.4. The van der Waals surface area contributed by atoms with Crippen molar-refractivity contribution in [2.75, 3.05) is 25.6 Å². The zero-order valence-electron chi connectivity index (χ0n) is 19.6. The molecule has 0 spiro atoms. The summed E-state index contributed by atoms with van der Waals surface area (Å²) in [6.45, 7) is 2.71. The predicted octanol–water partition coefficient (Wildman–Crippen LogP) is 5.46. The number of anilines is 1. The van der Waals surface area contributed by atoms with Gasteiger partial charge in [-0.15, -0.1) is 0 Å². The number of hydrogen-bond acceptors (Lipinski definition) is 5. The number of aryl methyl sites for hydroxylation is 1. The minimum Gasteiger partial charge on any atom is -0.383 e. The van der Waals surface area contributed by atoms with Crippen molar-refractivity contribution in [3.8, 4) is 5.75 Å². The average molecular weight is 523 g/mol. The van der Waals surface area contributed by atoms with Crippen molar-refractivity contribution in [1.29, 1.82) is 0 Å². The van der Waals surface area contributed by atoms with Crippen LogP contribution in [-0.2, 0) is 27.6 Å². The highest BCUT2D eigenvalue weighted by atomic mass is 32.2. The SMILES string of the molecule is COCCN(Cc1ccc(OS(=O)(=O)c2cccc(C(F)(F)F)c2)cc1)C(=O)Nc1cccc(C)c1. The summed E-state index contributed by atoms with van der Waals surface area (Å²) in [4.78, 5) is 13.7. The van der Waals surface area contributed by atoms with Gasteiger partial charge in [0.15, 0.2) is 0 Å². The zero-order valence-corrected chi connectivity index (χ0v) is 20.4. The van der Waals surface area contributed by atoms with Gasteiger partial charge in [-0.1, -0.05) is 30.3 Å². The summed E-state index contributed by atoms with van der Waals surface area (Å²) in [5.41, 5.74) is 1.22. The fraction of sp³-hybridized carbons (Fsp3) is 0.240. The topological polar surface area (TPSA) is 84.9 Å². The van der Waals surface area contributed by atoms with E-state index in [2.05, 4.69) is 5.32 Å². The third kappa shape index (κ3) is 7.46. The Bertz CT molecular complexity index is 1300. The Morgan fingerprint density at radius 2 is 1.69 bits per heavy atom. The fourth-order valence-electron chi connectivity index (χ4n) is 3.25. The van der Waals surface area contributed by atoms with E-state index in [9.17, 15) is 26.4 Å². The fourth-order valence-corrected chi connectivity index (χ4v) is 4.23. The van der Waals surface area contributed by atoms with Crippen LogP contribution < -0.4 is 9.50 Å². The molecule has 192 valence electrons. The average Bonchev–Trinajstić information content (AvgIpc) is 2.82. The summed E-state index contributed by atoms with van der Waals surface area (Å²) >= 11 is 0. The molecule has 11 heteroatoms. The molecular weight excluding hydrogens is 497 g/mol. The third-order valence-electron chi connectivity index (χ3n) is 5.07. The number of rotatable bonds is 9. The van der Waals surface area contributed by atoms with Gasteiger partial charge in [-0.2, -0.15) is 21.6 Å². The molecule has 0 aliphatic heterocycles. The lowest BCUT2D eigenvalue weighted by Gasteiger charge is -2.23. The third-order valence-corrected chi connectivity index (χ3v) is 6.32. The lowest BCUT2D eigenvalue weighted by Crippen LogP contribution is -2.36. The second-order valence-electron chi connectivity index (χ2n) is 7.92. The van der Waals surface area contributed by atoms with Crippen molar-refractivity contribution in [3.63, 3.8) is 0 Å². The molecule has 3 aromatic rings. The Hall–Kier alpha value is -3.57. The Morgan fingerprint density at radius 3 is 2.33 bits per heavy atom. The molecule has 0 fully saturated rings. The Morgan fingerprint density at radius 1 is 1.00 bits per heavy atom. The number of alkyl halides is 3. The van der Waals surface area contributed by atoms with Gasteiger partial charge in [0.2, 0.25) is 0 Å². The van der Waals surface area contributed by atoms with Crippen molar-refractivity contribution in [1.82, 2.24) is 4.90 Å². The molecule has 36 heavy (non-hydrogen) atoms. The molecule has 2 amide bonds. The van der Waals surface area contributed by atoms with Gasteiger partial charge in [0.05, 0.1) is 12.2 Å². The van der Waals surface area contributed by atoms with E-state index in [1.54, 1.807) is 18.2 Å². The van der Waals surface area contributed by atoms with Gasteiger partial charge in [0, 0.05) is 25.9 Å². The van der Waals surface area contributed by atoms with E-state index < -0.39 is 26.8 Å². The second-order valence-corrected chi connectivity index (χ2v) is 9.47. The molecule has 0 aliphatic carbocycles. The number of urea groups is 1. The number of amides is 2. The maximum absolute atomic E-state index is 12.9. The Labute approximate surface area is 207 Å². The summed E-state index contributed by atoms with van der Waals surface area (Å²) in [6, 6.07) is 16.2. The lowest BCUT2D eigenvalue weighted by molar-refractivity contribution is -0.137. The zero-order chi connectivity index (χ0) is 26.3. The van der Waals surface area contributed by atoms with Gasteiger partial charge in [0.25, 0.3) is 0 Å². The maximum Gasteiger partial charge on any atom is 0.416 e. The van der Waals surface area contributed by atoms with E-state index >= 15 is 0 Å². The largest absolute Gasteiger partial charge is 0.416 e. The number of methoxy groups -OCH3 is 1. The molecule has 3 rings (SSSR count). The molecule has 7 nitrogen and oxygen atoms in total. The van der Waals surface area contributed by atoms with Crippen LogP contribution in [0.1, 0.15) is 16.7 Å². The van der Waals surface area contributed by atoms with Crippen LogP contribution in [0.15, 0.2) is 77.7 Å². The summed E-state index contributed by atoms with van der Waals surface area (Å²) in [5, 5.41) is 2.84. The van der Waals surface area contributed by atoms with Crippen LogP contribution in [0.2, 0.25) is 0 Å². The van der Waals surface area contributed by atoms with E-state index in [0.717, 1.165) is 23.8 Å². The maximum atomic E-state index is 12.9. The minimum absolute atomic E-state index is 0.0798. The van der Waals surface area contributed by atoms with Gasteiger partial charge in [-0.05, 0) is 60.5 Å². The van der Waals surface area contributed by atoms with E-state index in [4.69, 9.17) is 8.92 Å². The first-order valence-electron chi connectivity index (χ1n) is 10.8. The molecular formula is C25H25F3N2O5S. The normalized spacial score (nSPS) is 11.7. The smallest absolute Gasteiger partial charge is 0.383 e. The first-order chi connectivity index (χ1) is 17.0. The predicted molar refractivity (Wildman–Crippen MR) is 128 cm³/mol. The van der Waals surface area contributed by atoms with Crippen LogP contribution in [0.5, 0.6) is 5.75 Å². The van der Waals surface area contributed by atoms with Crippen molar-refractivity contribution >= 4 is 21.8 Å². The van der Waals surface area contributed by atoms with Crippen LogP contribution >= 0.6 is 0 Å². The molecule has 0 atom stereocenters. The quantitative estimate of drug-likeness (QED) is 0.377. The number of carbonyl (C=O) groups excluding carboxylic acids is 1. The number of halogens is 3. The van der Waals surface area contributed by atoms with E-state index in [0.29, 0.717) is 30.5 Å². The van der Waals surface area contributed by atoms with E-state index in [1.165, 1.54) is 24.1 Å². The first kappa shape index (κ1) is 27.0. The lowest BCUT2D eigenvalue weighted by atomic mass is 10.2. The van der Waals surface area contributed by atoms with Gasteiger partial charge in [-0.3, -0.25) is 0 Å². The van der Waals surface area contributed by atoms with Crippen molar-refractivity contribution in [2.45, 2.75) is 24.5 Å². The highest BCUT2D eigenvalue weighted by molar-refractivity contribution is 7.87. The van der Waals surface area contributed by atoms with Crippen LogP contribution in [0.3, 0.4) is 0 Å². The molecule has 0 heterocycles. The standard InChI is InChI=1S/C25H25F3N2O5S/c1-18-5-3-7-21(15-18)29-24(31)30(13-14-34-2)17-19-9-11-22(12-10-19)35-36(32,33)23-8-4-6-20(16-23)25(26,27)28/h3-12,15-16H,13-14,17H2,1-2H3,(H,29,31). The van der Waals surface area contributed by atoms with Crippen LogP contribution in [0.25, 0.3) is 0 Å². The molecule has 0 unspecified atom stereocenters. The Kier molecular flexibility index (Phi) is 8.59. The molecule has 0 aliphatic rings. The van der Waals surface area contributed by atoms with Gasteiger partial charge < -0.3 is 19.1 Å². The summed E-state index contributed by atoms with van der Waals surface area (Å²) in [5.74, 6) is -0.0798. The Balaban J connectivity index is 1.71. The number of nitrogens with zero attached hydrogens (tertiary/aromatic N) is 1. The molecule has 0 saturated heterocycles. The molecule has 0 saturated carbocycles. The molecule has 1 N–H and O–H groups in total. The van der Waals surface area contributed by atoms with Crippen molar-refractivity contribution in [2.24, 2.45) is 0 Å². The minimum atomic E-state index is -4.69. The molecule has 0 aromatic heterocycles. The number of hydrogen-bond donors (Lipinski definition) is 1. The number of benzene rings is 3. The number of carbonyl (C=O) groups is 1. The van der Waals surface area contributed by atoms with Crippen molar-refractivity contribution in [3.05, 3.63) is 89.5 Å². The number of ether oxygens (including phenoxy) is 1. The molecule has 3 aromatic carbocycles. The summed E-state index contributed by atoms with van der Waals surface area (Å²) < 4.78 is 73.9. The van der Waals surface area contributed by atoms with Crippen molar-refractivity contribution < 1.29 is 35.3 Å². The van der Waals surface area contributed by atoms with Crippen LogP contribution in [-0.4, -0.2) is 39.6 Å². The van der Waals surface area contributed by atoms with Crippen LogP contribution in [0, 0.1) is 6.92 Å². The van der Waals surface area contributed by atoms with Gasteiger partial charge in [0.1, 0.15) is 10.6 Å². The molecule has 0 bridgehead atoms. The number of nitrogens with one attached hydrogen (secondary N) is 1. The van der Waals surface area contributed by atoms with Gasteiger partial charge >= 0.3 is 22.3 Å². The summed E-state index contributed by atoms with van der Waals surface area (Å²) in [6.07, 6.45) is -4.69. The van der Waals surface area contributed by atoms with E-state index in [-0.39, 0.29) is 18.3 Å². The highest BCUT2D eigenvalue weighted by Gasteiger charge is 2.32. The highest BCUT2D eigenvalue weighted by Crippen LogP contribution is 2.31. The van der Waals surface area contributed by atoms with Gasteiger partial charge in [-0.25, -0.2) is 4.79 Å². The molecule has 0 radical (unpaired) electrons. The van der Waals surface area contributed by atoms with E-state index in [1.807, 2.05) is 25.1 Å². The first-order valence-corrected chi connectivity index (χ1v) is 12.2. The summed E-state index contributed by atoms with van der Waals surface area (Å²) in [7, 11) is -2.97. The monoisotopic (exact) mass is 522 g/mol.